The van der Waals surface area contributed by atoms with Gasteiger partial charge in [-0.3, -0.25) is 0 Å². The third-order valence-corrected chi connectivity index (χ3v) is 2.71. The van der Waals surface area contributed by atoms with E-state index in [0.717, 1.165) is 0 Å². The Hall–Kier alpha value is 0.597. The Kier molecular flexibility index (Phi) is 19.5. The molecule has 0 aliphatic heterocycles. The van der Waals surface area contributed by atoms with Crippen LogP contribution < -0.4 is 18.9 Å². The average Bonchev–Trinajstić information content (AvgIpc) is 2.16. The predicted molar refractivity (Wildman–Crippen MR) is 63.2 cm³/mol. The molecule has 0 aromatic rings. The summed E-state index contributed by atoms with van der Waals surface area (Å²) in [5, 5.41) is 0. The van der Waals surface area contributed by atoms with Crippen LogP contribution in [0.4, 0.5) is 0 Å². The Morgan fingerprint density at radius 2 is 0.714 bits per heavy atom. The summed E-state index contributed by atoms with van der Waals surface area (Å²) in [6, 6.07) is 0. The van der Waals surface area contributed by atoms with Crippen LogP contribution in [-0.4, -0.2) is 0 Å². The molecule has 0 N–H and O–H groups in total. The summed E-state index contributed by atoms with van der Waals surface area (Å²) in [4.78, 5) is 0. The molecule has 0 rings (SSSR count). The van der Waals surface area contributed by atoms with Crippen LogP contribution in [0.2, 0.25) is 0 Å². The topological polar surface area (TPSA) is 0 Å². The second-order valence-electron chi connectivity index (χ2n) is 4.18. The minimum Gasteiger partial charge on any atom is -1.00 e. The van der Waals surface area contributed by atoms with Gasteiger partial charge in [-0.1, -0.05) is 84.5 Å². The van der Waals surface area contributed by atoms with Gasteiger partial charge in [0.15, 0.2) is 0 Å². The molecule has 82 valence electrons. The quantitative estimate of drug-likeness (QED) is 0.368. The zero-order valence-corrected chi connectivity index (χ0v) is 10.8. The van der Waals surface area contributed by atoms with Crippen LogP contribution in [0.25, 0.3) is 0 Å². The van der Waals surface area contributed by atoms with Gasteiger partial charge in [0.2, 0.25) is 0 Å². The number of hydrogen-bond acceptors (Lipinski definition) is 0. The van der Waals surface area contributed by atoms with E-state index in [-0.39, 0.29) is 20.3 Å². The van der Waals surface area contributed by atoms with Gasteiger partial charge >= 0.3 is 18.9 Å². The van der Waals surface area contributed by atoms with Crippen molar-refractivity contribution in [2.45, 2.75) is 84.5 Å². The Morgan fingerprint density at radius 3 is 0.929 bits per heavy atom. The normalized spacial score (nSPS) is 9.86. The van der Waals surface area contributed by atoms with E-state index < -0.39 is 0 Å². The van der Waals surface area contributed by atoms with Crippen molar-refractivity contribution in [1.29, 1.82) is 0 Å². The first-order valence-corrected chi connectivity index (χ1v) is 6.41. The third kappa shape index (κ3) is 15.1. The fraction of sp³-hybridized carbons (Fsp3) is 1.00. The molecule has 0 fully saturated rings. The van der Waals surface area contributed by atoms with E-state index in [2.05, 4.69) is 13.8 Å². The van der Waals surface area contributed by atoms with Crippen molar-refractivity contribution in [1.82, 2.24) is 0 Å². The zero-order chi connectivity index (χ0) is 9.78. The molecule has 0 unspecified atom stereocenters. The molecular formula is C13H29Li. The number of unbranched alkanes of at least 4 members (excludes halogenated alkanes) is 10. The molecular weight excluding hydrogens is 163 g/mol. The molecule has 0 saturated carbocycles. The van der Waals surface area contributed by atoms with Gasteiger partial charge in [-0.25, -0.2) is 0 Å². The van der Waals surface area contributed by atoms with Gasteiger partial charge in [0.05, 0.1) is 0 Å². The monoisotopic (exact) mass is 192 g/mol. The summed E-state index contributed by atoms with van der Waals surface area (Å²) in [5.41, 5.74) is 0. The van der Waals surface area contributed by atoms with E-state index in [0.29, 0.717) is 0 Å². The first-order chi connectivity index (χ1) is 6.41. The molecule has 0 atom stereocenters. The van der Waals surface area contributed by atoms with Crippen molar-refractivity contribution >= 4 is 0 Å². The summed E-state index contributed by atoms with van der Waals surface area (Å²) < 4.78 is 0. The average molecular weight is 192 g/mol. The predicted octanol–water partition coefficient (Wildman–Crippen LogP) is 2.43. The second-order valence-corrected chi connectivity index (χ2v) is 4.18. The Bertz CT molecular complexity index is 76.6. The molecule has 0 aromatic heterocycles. The van der Waals surface area contributed by atoms with Gasteiger partial charge < -0.3 is 1.43 Å². The van der Waals surface area contributed by atoms with Crippen molar-refractivity contribution in [3.63, 3.8) is 0 Å². The van der Waals surface area contributed by atoms with Crippen molar-refractivity contribution < 1.29 is 20.3 Å². The van der Waals surface area contributed by atoms with Gasteiger partial charge in [0, 0.05) is 0 Å². The number of rotatable bonds is 10. The second kappa shape index (κ2) is 16.0. The molecule has 0 bridgehead atoms. The summed E-state index contributed by atoms with van der Waals surface area (Å²) in [5.74, 6) is 0. The molecule has 0 nitrogen and oxygen atoms in total. The first kappa shape index (κ1) is 17.0. The summed E-state index contributed by atoms with van der Waals surface area (Å²) >= 11 is 0. The van der Waals surface area contributed by atoms with Gasteiger partial charge in [-0.2, -0.15) is 0 Å². The van der Waals surface area contributed by atoms with E-state index in [1.807, 2.05) is 0 Å². The smallest absolute Gasteiger partial charge is 1.00 e. The van der Waals surface area contributed by atoms with E-state index in [4.69, 9.17) is 0 Å². The molecule has 0 amide bonds. The first-order valence-electron chi connectivity index (χ1n) is 6.41. The Morgan fingerprint density at radius 1 is 0.500 bits per heavy atom. The third-order valence-electron chi connectivity index (χ3n) is 2.71. The van der Waals surface area contributed by atoms with Gasteiger partial charge in [-0.05, 0) is 0 Å². The fourth-order valence-corrected chi connectivity index (χ4v) is 1.74. The Labute approximate surface area is 105 Å². The van der Waals surface area contributed by atoms with Crippen molar-refractivity contribution in [2.75, 3.05) is 0 Å². The van der Waals surface area contributed by atoms with Crippen LogP contribution in [0, 0.1) is 0 Å². The van der Waals surface area contributed by atoms with Crippen LogP contribution in [-0.2, 0) is 0 Å². The summed E-state index contributed by atoms with van der Waals surface area (Å²) in [6.07, 6.45) is 15.9. The van der Waals surface area contributed by atoms with Gasteiger partial charge in [0.25, 0.3) is 0 Å². The minimum atomic E-state index is 0. The van der Waals surface area contributed by atoms with Crippen LogP contribution in [0.1, 0.15) is 85.9 Å². The zero-order valence-electron chi connectivity index (χ0n) is 11.8. The summed E-state index contributed by atoms with van der Waals surface area (Å²) in [6.45, 7) is 4.56. The van der Waals surface area contributed by atoms with Crippen LogP contribution in [0.15, 0.2) is 0 Å². The van der Waals surface area contributed by atoms with Gasteiger partial charge in [0.1, 0.15) is 0 Å². The fourth-order valence-electron chi connectivity index (χ4n) is 1.74. The maximum absolute atomic E-state index is 2.28. The molecule has 14 heavy (non-hydrogen) atoms. The van der Waals surface area contributed by atoms with E-state index in [1.54, 1.807) is 0 Å². The van der Waals surface area contributed by atoms with Crippen molar-refractivity contribution in [3.8, 4) is 0 Å². The maximum atomic E-state index is 2.28. The molecule has 1 heteroatoms. The minimum absolute atomic E-state index is 0. The SMILES string of the molecule is CCCCCCCCCCCCC.[H-].[Li+]. The van der Waals surface area contributed by atoms with Crippen LogP contribution >= 0.6 is 0 Å². The van der Waals surface area contributed by atoms with Gasteiger partial charge in [-0.15, -0.1) is 0 Å². The maximum Gasteiger partial charge on any atom is 1.00 e. The molecule has 0 saturated heterocycles. The van der Waals surface area contributed by atoms with Crippen molar-refractivity contribution in [3.05, 3.63) is 0 Å². The molecule has 0 aliphatic carbocycles. The van der Waals surface area contributed by atoms with E-state index in [1.165, 1.54) is 70.6 Å². The molecule has 0 heterocycles. The van der Waals surface area contributed by atoms with E-state index in [9.17, 15) is 0 Å². The van der Waals surface area contributed by atoms with Crippen molar-refractivity contribution in [2.24, 2.45) is 0 Å². The van der Waals surface area contributed by atoms with Crippen LogP contribution in [0.3, 0.4) is 0 Å². The molecule has 0 aliphatic rings. The Balaban J connectivity index is -0.000000720. The van der Waals surface area contributed by atoms with Crippen LogP contribution in [0.5, 0.6) is 0 Å². The molecule has 0 aromatic carbocycles. The largest absolute Gasteiger partial charge is 1.00 e. The molecule has 0 radical (unpaired) electrons. The molecule has 0 spiro atoms. The number of hydrogen-bond donors (Lipinski definition) is 0. The summed E-state index contributed by atoms with van der Waals surface area (Å²) in [7, 11) is 0. The van der Waals surface area contributed by atoms with E-state index >= 15 is 0 Å². The standard InChI is InChI=1S/C13H28.Li.H/c1-3-5-7-9-11-13-12-10-8-6-4-2;;/h3-13H2,1-2H3;;/q;+1;-1.